The third kappa shape index (κ3) is 4.54. The Labute approximate surface area is 143 Å². The predicted molar refractivity (Wildman–Crippen MR) is 93.7 cm³/mol. The second-order valence-corrected chi connectivity index (χ2v) is 7.48. The maximum atomic E-state index is 12.6. The Kier molecular flexibility index (Phi) is 6.26. The average molecular weight is 418 g/mol. The summed E-state index contributed by atoms with van der Waals surface area (Å²) in [4.78, 5) is 17.0. The number of nitrogens with zero attached hydrogens (tertiary/aromatic N) is 2. The molecule has 0 aromatic heterocycles. The molecule has 5 heteroatoms. The van der Waals surface area contributed by atoms with Crippen LogP contribution < -0.4 is 0 Å². The molecule has 116 valence electrons. The molecule has 3 nitrogen and oxygen atoms in total. The molecule has 1 saturated heterocycles. The van der Waals surface area contributed by atoms with Crippen molar-refractivity contribution in [3.8, 4) is 0 Å². The van der Waals surface area contributed by atoms with Gasteiger partial charge in [0, 0.05) is 40.7 Å². The van der Waals surface area contributed by atoms with Gasteiger partial charge in [0.1, 0.15) is 0 Å². The molecule has 1 aliphatic rings. The molecule has 0 spiro atoms. The van der Waals surface area contributed by atoms with Gasteiger partial charge in [-0.3, -0.25) is 4.79 Å². The minimum atomic E-state index is 0.103. The van der Waals surface area contributed by atoms with Gasteiger partial charge in [0.25, 0.3) is 5.91 Å². The van der Waals surface area contributed by atoms with E-state index in [4.69, 9.17) is 0 Å². The summed E-state index contributed by atoms with van der Waals surface area (Å²) in [5.74, 6) is 0.103. The number of carbonyl (C=O) groups excluding carboxylic acids is 1. The quantitative estimate of drug-likeness (QED) is 0.734. The highest BCUT2D eigenvalue weighted by molar-refractivity contribution is 9.11. The number of likely N-dealkylation sites (tertiary alicyclic amines) is 1. The number of benzene rings is 1. The van der Waals surface area contributed by atoms with E-state index >= 15 is 0 Å². The van der Waals surface area contributed by atoms with Gasteiger partial charge < -0.3 is 9.80 Å². The molecule has 2 rings (SSSR count). The third-order valence-corrected chi connectivity index (χ3v) is 4.99. The molecular formula is C16H22Br2N2O. The fraction of sp³-hybridized carbons (Fsp3) is 0.562. The zero-order valence-corrected chi connectivity index (χ0v) is 15.8. The Balaban J connectivity index is 2.00. The Morgan fingerprint density at radius 3 is 2.33 bits per heavy atom. The van der Waals surface area contributed by atoms with Crippen LogP contribution in [0, 0.1) is 0 Å². The van der Waals surface area contributed by atoms with Gasteiger partial charge in [-0.2, -0.15) is 0 Å². The summed E-state index contributed by atoms with van der Waals surface area (Å²) in [6.45, 7) is 5.58. The van der Waals surface area contributed by atoms with Crippen LogP contribution in [-0.2, 0) is 0 Å². The third-order valence-electron chi connectivity index (χ3n) is 4.07. The van der Waals surface area contributed by atoms with E-state index in [2.05, 4.69) is 43.7 Å². The highest BCUT2D eigenvalue weighted by atomic mass is 79.9. The predicted octanol–water partition coefficient (Wildman–Crippen LogP) is 4.16. The maximum absolute atomic E-state index is 12.6. The Morgan fingerprint density at radius 1 is 1.24 bits per heavy atom. The van der Waals surface area contributed by atoms with E-state index in [1.165, 1.54) is 13.0 Å². The first-order valence-electron chi connectivity index (χ1n) is 7.47. The van der Waals surface area contributed by atoms with Crippen molar-refractivity contribution in [2.75, 3.05) is 26.7 Å². The summed E-state index contributed by atoms with van der Waals surface area (Å²) in [5, 5.41) is 0. The van der Waals surface area contributed by atoms with E-state index in [1.54, 1.807) is 0 Å². The number of rotatable bonds is 4. The standard InChI is InChI=1S/C16H22Br2N2O/c1-3-6-20-7-4-15(5-8-20)19(2)16(21)12-9-13(17)11-14(18)10-12/h9-11,15H,3-8H2,1-2H3. The minimum absolute atomic E-state index is 0.103. The molecule has 21 heavy (non-hydrogen) atoms. The zero-order chi connectivity index (χ0) is 15.4. The fourth-order valence-electron chi connectivity index (χ4n) is 2.89. The molecule has 1 fully saturated rings. The van der Waals surface area contributed by atoms with Crippen LogP contribution >= 0.6 is 31.9 Å². The van der Waals surface area contributed by atoms with Crippen LogP contribution in [0.15, 0.2) is 27.1 Å². The number of carbonyl (C=O) groups is 1. The molecule has 0 unspecified atom stereocenters. The van der Waals surface area contributed by atoms with Gasteiger partial charge in [0.2, 0.25) is 0 Å². The van der Waals surface area contributed by atoms with E-state index in [0.29, 0.717) is 6.04 Å². The number of hydrogen-bond donors (Lipinski definition) is 0. The van der Waals surface area contributed by atoms with Gasteiger partial charge in [-0.15, -0.1) is 0 Å². The van der Waals surface area contributed by atoms with Gasteiger partial charge in [0.05, 0.1) is 0 Å². The lowest BCUT2D eigenvalue weighted by Crippen LogP contribution is -2.45. The van der Waals surface area contributed by atoms with E-state index in [0.717, 1.165) is 40.4 Å². The second kappa shape index (κ2) is 7.75. The van der Waals surface area contributed by atoms with Crippen molar-refractivity contribution in [3.63, 3.8) is 0 Å². The number of amides is 1. The van der Waals surface area contributed by atoms with E-state index in [1.807, 2.05) is 30.1 Å². The van der Waals surface area contributed by atoms with E-state index in [-0.39, 0.29) is 5.91 Å². The summed E-state index contributed by atoms with van der Waals surface area (Å²) in [6, 6.07) is 6.06. The average Bonchev–Trinajstić information content (AvgIpc) is 2.46. The van der Waals surface area contributed by atoms with Gasteiger partial charge in [0.15, 0.2) is 0 Å². The normalized spacial score (nSPS) is 17.0. The minimum Gasteiger partial charge on any atom is -0.339 e. The van der Waals surface area contributed by atoms with Crippen LogP contribution in [-0.4, -0.2) is 48.4 Å². The molecule has 1 aromatic rings. The van der Waals surface area contributed by atoms with Crippen LogP contribution in [0.4, 0.5) is 0 Å². The molecule has 1 aliphatic heterocycles. The lowest BCUT2D eigenvalue weighted by molar-refractivity contribution is 0.0642. The van der Waals surface area contributed by atoms with Crippen molar-refractivity contribution < 1.29 is 4.79 Å². The zero-order valence-electron chi connectivity index (χ0n) is 12.6. The van der Waals surface area contributed by atoms with Crippen LogP contribution in [0.3, 0.4) is 0 Å². The van der Waals surface area contributed by atoms with Crippen molar-refractivity contribution in [2.45, 2.75) is 32.2 Å². The van der Waals surface area contributed by atoms with Crippen molar-refractivity contribution >= 4 is 37.8 Å². The topological polar surface area (TPSA) is 23.6 Å². The Morgan fingerprint density at radius 2 is 1.81 bits per heavy atom. The first kappa shape index (κ1) is 17.0. The highest BCUT2D eigenvalue weighted by Crippen LogP contribution is 2.23. The Bertz CT molecular complexity index is 479. The van der Waals surface area contributed by atoms with Gasteiger partial charge in [-0.05, 0) is 44.0 Å². The molecule has 0 aliphatic carbocycles. The van der Waals surface area contributed by atoms with E-state index in [9.17, 15) is 4.79 Å². The maximum Gasteiger partial charge on any atom is 0.253 e. The SMILES string of the molecule is CCCN1CCC(N(C)C(=O)c2cc(Br)cc(Br)c2)CC1. The number of halogens is 2. The van der Waals surface area contributed by atoms with Crippen LogP contribution in [0.5, 0.6) is 0 Å². The van der Waals surface area contributed by atoms with Crippen LogP contribution in [0.2, 0.25) is 0 Å². The molecular weight excluding hydrogens is 396 g/mol. The first-order chi connectivity index (χ1) is 10.0. The molecule has 0 radical (unpaired) electrons. The summed E-state index contributed by atoms with van der Waals surface area (Å²) in [5.41, 5.74) is 0.731. The summed E-state index contributed by atoms with van der Waals surface area (Å²) < 4.78 is 1.85. The monoisotopic (exact) mass is 416 g/mol. The highest BCUT2D eigenvalue weighted by Gasteiger charge is 2.25. The van der Waals surface area contributed by atoms with Crippen molar-refractivity contribution in [2.24, 2.45) is 0 Å². The van der Waals surface area contributed by atoms with E-state index < -0.39 is 0 Å². The summed E-state index contributed by atoms with van der Waals surface area (Å²) >= 11 is 6.89. The smallest absolute Gasteiger partial charge is 0.253 e. The molecule has 0 bridgehead atoms. The molecule has 0 N–H and O–H groups in total. The number of hydrogen-bond acceptors (Lipinski definition) is 2. The molecule has 0 saturated carbocycles. The molecule has 0 atom stereocenters. The first-order valence-corrected chi connectivity index (χ1v) is 9.05. The molecule has 1 aromatic carbocycles. The van der Waals surface area contributed by atoms with Crippen molar-refractivity contribution in [3.05, 3.63) is 32.7 Å². The Hall–Kier alpha value is -0.390. The molecule has 1 heterocycles. The largest absolute Gasteiger partial charge is 0.339 e. The lowest BCUT2D eigenvalue weighted by Gasteiger charge is -2.36. The number of piperidine rings is 1. The fourth-order valence-corrected chi connectivity index (χ4v) is 4.19. The summed E-state index contributed by atoms with van der Waals surface area (Å²) in [7, 11) is 1.93. The molecule has 1 amide bonds. The van der Waals surface area contributed by atoms with Crippen LogP contribution in [0.1, 0.15) is 36.5 Å². The summed E-state index contributed by atoms with van der Waals surface area (Å²) in [6.07, 6.45) is 3.33. The van der Waals surface area contributed by atoms with Crippen LogP contribution in [0.25, 0.3) is 0 Å². The van der Waals surface area contributed by atoms with Crippen molar-refractivity contribution in [1.29, 1.82) is 0 Å². The van der Waals surface area contributed by atoms with Gasteiger partial charge in [-0.1, -0.05) is 38.8 Å². The van der Waals surface area contributed by atoms with Crippen molar-refractivity contribution in [1.82, 2.24) is 9.80 Å². The van der Waals surface area contributed by atoms with Gasteiger partial charge in [-0.25, -0.2) is 0 Å². The lowest BCUT2D eigenvalue weighted by atomic mass is 10.0. The van der Waals surface area contributed by atoms with Gasteiger partial charge >= 0.3 is 0 Å². The second-order valence-electron chi connectivity index (χ2n) is 5.65.